The van der Waals surface area contributed by atoms with Crippen LogP contribution in [0.5, 0.6) is 5.75 Å². The molecule has 1 saturated heterocycles. The number of halogens is 3. The highest BCUT2D eigenvalue weighted by atomic mass is 32.1. The summed E-state index contributed by atoms with van der Waals surface area (Å²) in [5.74, 6) is -1.10. The van der Waals surface area contributed by atoms with Crippen molar-refractivity contribution in [3.8, 4) is 16.3 Å². The number of benzene rings is 1. The third kappa shape index (κ3) is 5.67. The lowest BCUT2D eigenvalue weighted by Gasteiger charge is -2.36. The van der Waals surface area contributed by atoms with Gasteiger partial charge >= 0.3 is 6.18 Å². The molecule has 1 N–H and O–H groups in total. The second-order valence-electron chi connectivity index (χ2n) is 9.67. The van der Waals surface area contributed by atoms with E-state index in [1.54, 1.807) is 25.3 Å². The molecule has 1 amide bonds. The number of carbonyl (C=O) groups is 1. The van der Waals surface area contributed by atoms with Crippen molar-refractivity contribution < 1.29 is 27.4 Å². The van der Waals surface area contributed by atoms with Gasteiger partial charge in [-0.2, -0.15) is 13.2 Å². The van der Waals surface area contributed by atoms with Gasteiger partial charge in [0.05, 0.1) is 12.6 Å². The number of hydrogen-bond acceptors (Lipinski definition) is 8. The first-order chi connectivity index (χ1) is 18.1. The third-order valence-corrected chi connectivity index (χ3v) is 7.87. The van der Waals surface area contributed by atoms with Gasteiger partial charge in [0.15, 0.2) is 0 Å². The summed E-state index contributed by atoms with van der Waals surface area (Å²) in [4.78, 5) is 27.8. The van der Waals surface area contributed by atoms with E-state index in [0.717, 1.165) is 47.2 Å². The SMILES string of the molecule is Cc1cnc(-c2cc(O[C@H]3CC[C@H]4[C@H]3OCCN4C)cc(C(=O)NC(C)c3cnc(C(F)(F)F)nc3)c2)s1. The lowest BCUT2D eigenvalue weighted by atomic mass is 10.1. The molecule has 2 aliphatic rings. The van der Waals surface area contributed by atoms with Crippen LogP contribution in [0.4, 0.5) is 13.2 Å². The first kappa shape index (κ1) is 26.5. The second-order valence-corrected chi connectivity index (χ2v) is 10.9. The van der Waals surface area contributed by atoms with E-state index in [-0.39, 0.29) is 12.2 Å². The third-order valence-electron chi connectivity index (χ3n) is 6.91. The molecule has 2 fully saturated rings. The van der Waals surface area contributed by atoms with Crippen molar-refractivity contribution in [1.82, 2.24) is 25.2 Å². The number of nitrogens with one attached hydrogen (secondary N) is 1. The van der Waals surface area contributed by atoms with Crippen molar-refractivity contribution in [2.24, 2.45) is 0 Å². The number of hydrogen-bond donors (Lipinski definition) is 1. The normalized spacial score (nSPS) is 22.6. The van der Waals surface area contributed by atoms with Gasteiger partial charge in [0.1, 0.15) is 23.0 Å². The molecule has 2 aromatic heterocycles. The second kappa shape index (κ2) is 10.6. The summed E-state index contributed by atoms with van der Waals surface area (Å²) in [5.41, 5.74) is 1.44. The average Bonchev–Trinajstić information content (AvgIpc) is 3.50. The summed E-state index contributed by atoms with van der Waals surface area (Å²) >= 11 is 1.51. The van der Waals surface area contributed by atoms with E-state index in [2.05, 4.69) is 32.2 Å². The van der Waals surface area contributed by atoms with Gasteiger partial charge in [-0.25, -0.2) is 15.0 Å². The number of morpholine rings is 1. The van der Waals surface area contributed by atoms with Crippen LogP contribution in [0.1, 0.15) is 52.4 Å². The molecule has 0 spiro atoms. The van der Waals surface area contributed by atoms with Crippen LogP contribution in [0.2, 0.25) is 0 Å². The Kier molecular flexibility index (Phi) is 7.38. The first-order valence-corrected chi connectivity index (χ1v) is 13.2. The predicted octanol–water partition coefficient (Wildman–Crippen LogP) is 4.66. The number of rotatable bonds is 6. The minimum atomic E-state index is -4.63. The van der Waals surface area contributed by atoms with Crippen molar-refractivity contribution >= 4 is 17.2 Å². The van der Waals surface area contributed by atoms with E-state index in [1.165, 1.54) is 11.3 Å². The summed E-state index contributed by atoms with van der Waals surface area (Å²) in [6.07, 6.45) is 0.903. The molecule has 12 heteroatoms. The van der Waals surface area contributed by atoms with Crippen LogP contribution in [-0.2, 0) is 10.9 Å². The van der Waals surface area contributed by atoms with Crippen LogP contribution in [0.15, 0.2) is 36.8 Å². The summed E-state index contributed by atoms with van der Waals surface area (Å²) in [6, 6.07) is 4.96. The van der Waals surface area contributed by atoms with Crippen molar-refractivity contribution in [2.75, 3.05) is 20.2 Å². The van der Waals surface area contributed by atoms with Crippen LogP contribution in [0, 0.1) is 6.92 Å². The van der Waals surface area contributed by atoms with Crippen molar-refractivity contribution in [3.05, 3.63) is 58.6 Å². The van der Waals surface area contributed by atoms with Crippen molar-refractivity contribution in [2.45, 2.75) is 57.2 Å². The molecule has 1 unspecified atom stereocenters. The number of carbonyl (C=O) groups excluding carboxylic acids is 1. The number of amides is 1. The van der Waals surface area contributed by atoms with Gasteiger partial charge in [-0.05, 0) is 51.9 Å². The minimum absolute atomic E-state index is 0.0449. The first-order valence-electron chi connectivity index (χ1n) is 12.3. The average molecular weight is 548 g/mol. The van der Waals surface area contributed by atoms with Gasteiger partial charge in [0.25, 0.3) is 5.91 Å². The summed E-state index contributed by atoms with van der Waals surface area (Å²) in [7, 11) is 2.10. The van der Waals surface area contributed by atoms with E-state index >= 15 is 0 Å². The number of aryl methyl sites for hydroxylation is 1. The number of fused-ring (bicyclic) bond motifs is 1. The monoisotopic (exact) mass is 547 g/mol. The Balaban J connectivity index is 1.38. The number of nitrogens with zero attached hydrogens (tertiary/aromatic N) is 4. The van der Waals surface area contributed by atoms with E-state index in [1.807, 2.05) is 13.0 Å². The lowest BCUT2D eigenvalue weighted by Crippen LogP contribution is -2.50. The maximum absolute atomic E-state index is 13.3. The fourth-order valence-corrected chi connectivity index (χ4v) is 5.63. The predicted molar refractivity (Wildman–Crippen MR) is 135 cm³/mol. The Labute approximate surface area is 222 Å². The standard InChI is InChI=1S/C26H28F3N5O3S/c1-14-11-30-24(38-14)17-8-16(23(35)33-15(2)18-12-31-25(32-13-18)26(27,28)29)9-19(10-17)37-21-5-4-20-22(21)36-7-6-34(20)3/h8-13,15,20-22H,4-7H2,1-3H3,(H,33,35)/t15?,20-,21-,22+/m0/s1. The zero-order valence-corrected chi connectivity index (χ0v) is 22.0. The Morgan fingerprint density at radius 1 is 1.18 bits per heavy atom. The summed E-state index contributed by atoms with van der Waals surface area (Å²) < 4.78 is 50.9. The minimum Gasteiger partial charge on any atom is -0.488 e. The topological polar surface area (TPSA) is 89.5 Å². The maximum atomic E-state index is 13.3. The zero-order chi connectivity index (χ0) is 27.0. The number of likely N-dealkylation sites (N-methyl/N-ethyl adjacent to an activating group) is 1. The molecule has 3 heterocycles. The number of aromatic nitrogens is 3. The zero-order valence-electron chi connectivity index (χ0n) is 21.2. The molecular weight excluding hydrogens is 519 g/mol. The quantitative estimate of drug-likeness (QED) is 0.480. The molecule has 0 bridgehead atoms. The van der Waals surface area contributed by atoms with Gasteiger partial charge in [-0.1, -0.05) is 0 Å². The molecule has 1 aliphatic heterocycles. The van der Waals surface area contributed by atoms with E-state index < -0.39 is 23.9 Å². The fraction of sp³-hybridized carbons (Fsp3) is 0.462. The van der Waals surface area contributed by atoms with Crippen molar-refractivity contribution in [3.63, 3.8) is 0 Å². The molecule has 4 atom stereocenters. The van der Waals surface area contributed by atoms with Gasteiger partial charge in [-0.3, -0.25) is 9.69 Å². The van der Waals surface area contributed by atoms with Crippen LogP contribution in [0.25, 0.3) is 10.6 Å². The Bertz CT molecular complexity index is 1300. The highest BCUT2D eigenvalue weighted by Crippen LogP contribution is 2.35. The maximum Gasteiger partial charge on any atom is 0.451 e. The van der Waals surface area contributed by atoms with E-state index in [9.17, 15) is 18.0 Å². The smallest absolute Gasteiger partial charge is 0.451 e. The molecule has 8 nitrogen and oxygen atoms in total. The van der Waals surface area contributed by atoms with Gasteiger partial charge in [-0.15, -0.1) is 11.3 Å². The number of thiazole rings is 1. The Morgan fingerprint density at radius 2 is 1.95 bits per heavy atom. The number of alkyl halides is 3. The molecule has 1 aliphatic carbocycles. The van der Waals surface area contributed by atoms with Gasteiger partial charge < -0.3 is 14.8 Å². The Morgan fingerprint density at radius 3 is 2.63 bits per heavy atom. The van der Waals surface area contributed by atoms with E-state index in [0.29, 0.717) is 29.5 Å². The Hall–Kier alpha value is -3.09. The van der Waals surface area contributed by atoms with Gasteiger partial charge in [0, 0.05) is 52.7 Å². The lowest BCUT2D eigenvalue weighted by molar-refractivity contribution is -0.145. The molecule has 1 aromatic carbocycles. The van der Waals surface area contributed by atoms with Crippen LogP contribution in [0.3, 0.4) is 0 Å². The summed E-state index contributed by atoms with van der Waals surface area (Å²) in [5, 5.41) is 3.58. The van der Waals surface area contributed by atoms with Crippen molar-refractivity contribution in [1.29, 1.82) is 0 Å². The highest BCUT2D eigenvalue weighted by Gasteiger charge is 2.43. The molecule has 202 valence electrons. The largest absolute Gasteiger partial charge is 0.488 e. The van der Waals surface area contributed by atoms with Crippen LogP contribution < -0.4 is 10.1 Å². The van der Waals surface area contributed by atoms with Gasteiger partial charge in [0.2, 0.25) is 5.82 Å². The molecule has 3 aromatic rings. The molecule has 38 heavy (non-hydrogen) atoms. The summed E-state index contributed by atoms with van der Waals surface area (Å²) in [6.45, 7) is 5.15. The molecule has 0 radical (unpaired) electrons. The molecular formula is C26H28F3N5O3S. The van der Waals surface area contributed by atoms with Crippen LogP contribution >= 0.6 is 11.3 Å². The molecule has 1 saturated carbocycles. The van der Waals surface area contributed by atoms with Crippen LogP contribution in [-0.4, -0.2) is 64.2 Å². The van der Waals surface area contributed by atoms with E-state index in [4.69, 9.17) is 9.47 Å². The number of ether oxygens (including phenoxy) is 2. The fourth-order valence-electron chi connectivity index (χ4n) is 4.88. The molecule has 5 rings (SSSR count). The highest BCUT2D eigenvalue weighted by molar-refractivity contribution is 7.14.